The minimum absolute atomic E-state index is 0.147. The van der Waals surface area contributed by atoms with E-state index in [0.717, 1.165) is 0 Å². The van der Waals surface area contributed by atoms with Gasteiger partial charge in [-0.25, -0.2) is 9.78 Å². The number of hydrogen-bond acceptors (Lipinski definition) is 3. The lowest BCUT2D eigenvalue weighted by molar-refractivity contribution is -0.140. The van der Waals surface area contributed by atoms with Crippen LogP contribution in [0.3, 0.4) is 0 Å². The highest BCUT2D eigenvalue weighted by molar-refractivity contribution is 6.30. The second-order valence-electron chi connectivity index (χ2n) is 4.04. The first-order valence-corrected chi connectivity index (χ1v) is 5.98. The van der Waals surface area contributed by atoms with E-state index >= 15 is 0 Å². The van der Waals surface area contributed by atoms with Crippen LogP contribution in [-0.2, 0) is 4.79 Å². The van der Waals surface area contributed by atoms with Crippen LogP contribution >= 0.6 is 11.6 Å². The van der Waals surface area contributed by atoms with Crippen LogP contribution < -0.4 is 5.32 Å². The summed E-state index contributed by atoms with van der Waals surface area (Å²) in [4.78, 5) is 26.7. The van der Waals surface area contributed by atoms with Crippen LogP contribution in [-0.4, -0.2) is 28.0 Å². The second-order valence-corrected chi connectivity index (χ2v) is 4.47. The Labute approximate surface area is 110 Å². The molecule has 0 spiro atoms. The highest BCUT2D eigenvalue weighted by Gasteiger charge is 2.25. The highest BCUT2D eigenvalue weighted by Crippen LogP contribution is 2.10. The molecule has 0 aliphatic rings. The van der Waals surface area contributed by atoms with Gasteiger partial charge in [0.1, 0.15) is 11.7 Å². The molecule has 2 N–H and O–H groups in total. The van der Waals surface area contributed by atoms with E-state index in [-0.39, 0.29) is 11.6 Å². The standard InChI is InChI=1S/C12H15ClN2O3/c1-3-7(2)10(12(17)18)15-11(16)9-5-4-8(13)6-14-9/h4-7,10H,3H2,1-2H3,(H,15,16)(H,17,18). The fraction of sp³-hybridized carbons (Fsp3) is 0.417. The van der Waals surface area contributed by atoms with E-state index in [4.69, 9.17) is 16.7 Å². The van der Waals surface area contributed by atoms with Gasteiger partial charge in [-0.15, -0.1) is 0 Å². The van der Waals surface area contributed by atoms with E-state index < -0.39 is 17.9 Å². The van der Waals surface area contributed by atoms with Crippen molar-refractivity contribution in [2.75, 3.05) is 0 Å². The van der Waals surface area contributed by atoms with Crippen LogP contribution in [0.2, 0.25) is 5.02 Å². The number of aromatic nitrogens is 1. The van der Waals surface area contributed by atoms with E-state index in [1.807, 2.05) is 6.92 Å². The molecule has 98 valence electrons. The lowest BCUT2D eigenvalue weighted by atomic mass is 9.99. The number of nitrogens with one attached hydrogen (secondary N) is 1. The Balaban J connectivity index is 2.78. The summed E-state index contributed by atoms with van der Waals surface area (Å²) in [5.74, 6) is -1.72. The van der Waals surface area contributed by atoms with Crippen LogP contribution in [0.5, 0.6) is 0 Å². The third-order valence-corrected chi connectivity index (χ3v) is 2.95. The van der Waals surface area contributed by atoms with Crippen molar-refractivity contribution in [3.8, 4) is 0 Å². The number of aliphatic carboxylic acids is 1. The predicted octanol–water partition coefficient (Wildman–Crippen LogP) is 1.96. The van der Waals surface area contributed by atoms with E-state index in [0.29, 0.717) is 11.4 Å². The van der Waals surface area contributed by atoms with Crippen LogP contribution in [0.1, 0.15) is 30.8 Å². The van der Waals surface area contributed by atoms with Crippen molar-refractivity contribution in [3.05, 3.63) is 29.0 Å². The fourth-order valence-electron chi connectivity index (χ4n) is 1.41. The predicted molar refractivity (Wildman–Crippen MR) is 67.6 cm³/mol. The van der Waals surface area contributed by atoms with E-state index in [1.165, 1.54) is 18.3 Å². The number of pyridine rings is 1. The number of carboxylic acids is 1. The highest BCUT2D eigenvalue weighted by atomic mass is 35.5. The first kappa shape index (κ1) is 14.4. The average Bonchev–Trinajstić information content (AvgIpc) is 2.35. The van der Waals surface area contributed by atoms with E-state index in [1.54, 1.807) is 6.92 Å². The van der Waals surface area contributed by atoms with Crippen molar-refractivity contribution in [3.63, 3.8) is 0 Å². The van der Waals surface area contributed by atoms with Gasteiger partial charge in [-0.05, 0) is 18.1 Å². The van der Waals surface area contributed by atoms with Gasteiger partial charge in [0.25, 0.3) is 5.91 Å². The maximum atomic E-state index is 11.8. The van der Waals surface area contributed by atoms with Gasteiger partial charge in [0.15, 0.2) is 0 Å². The molecule has 0 aromatic carbocycles. The van der Waals surface area contributed by atoms with Crippen LogP contribution in [0, 0.1) is 5.92 Å². The number of carbonyl (C=O) groups is 2. The average molecular weight is 271 g/mol. The van der Waals surface area contributed by atoms with Gasteiger partial charge < -0.3 is 10.4 Å². The Morgan fingerprint density at radius 3 is 2.61 bits per heavy atom. The number of amides is 1. The Morgan fingerprint density at radius 2 is 2.17 bits per heavy atom. The summed E-state index contributed by atoms with van der Waals surface area (Å²) in [5.41, 5.74) is 0.147. The van der Waals surface area contributed by atoms with Gasteiger partial charge in [-0.2, -0.15) is 0 Å². The molecule has 1 amide bonds. The molecule has 6 heteroatoms. The minimum atomic E-state index is -1.05. The van der Waals surface area contributed by atoms with Crippen LogP contribution in [0.4, 0.5) is 0 Å². The van der Waals surface area contributed by atoms with Crippen molar-refractivity contribution < 1.29 is 14.7 Å². The maximum absolute atomic E-state index is 11.8. The van der Waals surface area contributed by atoms with E-state index in [9.17, 15) is 9.59 Å². The normalized spacial score (nSPS) is 13.7. The van der Waals surface area contributed by atoms with Crippen LogP contribution in [0.15, 0.2) is 18.3 Å². The zero-order valence-electron chi connectivity index (χ0n) is 10.2. The first-order chi connectivity index (χ1) is 8.45. The number of hydrogen-bond donors (Lipinski definition) is 2. The molecule has 2 atom stereocenters. The third-order valence-electron chi connectivity index (χ3n) is 2.73. The molecule has 0 fully saturated rings. The van der Waals surface area contributed by atoms with E-state index in [2.05, 4.69) is 10.3 Å². The molecule has 0 aliphatic carbocycles. The molecule has 2 unspecified atom stereocenters. The van der Waals surface area contributed by atoms with Gasteiger partial charge in [0.05, 0.1) is 5.02 Å². The Hall–Kier alpha value is -1.62. The van der Waals surface area contributed by atoms with Crippen molar-refractivity contribution >= 4 is 23.5 Å². The molecule has 0 bridgehead atoms. The van der Waals surface area contributed by atoms with Crippen molar-refractivity contribution in [1.29, 1.82) is 0 Å². The molecule has 1 aromatic heterocycles. The summed E-state index contributed by atoms with van der Waals surface area (Å²) < 4.78 is 0. The number of carboxylic acid groups (broad SMARTS) is 1. The summed E-state index contributed by atoms with van der Waals surface area (Å²) in [6.07, 6.45) is 2.00. The smallest absolute Gasteiger partial charge is 0.326 e. The maximum Gasteiger partial charge on any atom is 0.326 e. The topological polar surface area (TPSA) is 79.3 Å². The number of halogens is 1. The lowest BCUT2D eigenvalue weighted by Gasteiger charge is -2.19. The zero-order valence-corrected chi connectivity index (χ0v) is 10.9. The first-order valence-electron chi connectivity index (χ1n) is 5.61. The van der Waals surface area contributed by atoms with Crippen LogP contribution in [0.25, 0.3) is 0 Å². The third kappa shape index (κ3) is 3.70. The van der Waals surface area contributed by atoms with Gasteiger partial charge in [0, 0.05) is 6.20 Å². The second kappa shape index (κ2) is 6.35. The van der Waals surface area contributed by atoms with Gasteiger partial charge in [-0.1, -0.05) is 31.9 Å². The molecule has 1 aromatic rings. The number of nitrogens with zero attached hydrogens (tertiary/aromatic N) is 1. The molecule has 1 rings (SSSR count). The molecule has 1 heterocycles. The fourth-order valence-corrected chi connectivity index (χ4v) is 1.52. The zero-order chi connectivity index (χ0) is 13.7. The number of carbonyl (C=O) groups excluding carboxylic acids is 1. The SMILES string of the molecule is CCC(C)C(NC(=O)c1ccc(Cl)cn1)C(=O)O. The molecular formula is C12H15ClN2O3. The Morgan fingerprint density at radius 1 is 1.50 bits per heavy atom. The minimum Gasteiger partial charge on any atom is -0.480 e. The molecular weight excluding hydrogens is 256 g/mol. The molecule has 5 nitrogen and oxygen atoms in total. The molecule has 0 radical (unpaired) electrons. The molecule has 0 saturated heterocycles. The summed E-state index contributed by atoms with van der Waals surface area (Å²) in [6.45, 7) is 3.64. The Bertz CT molecular complexity index is 433. The van der Waals surface area contributed by atoms with Gasteiger partial charge in [0.2, 0.25) is 0 Å². The van der Waals surface area contributed by atoms with Crippen molar-refractivity contribution in [2.24, 2.45) is 5.92 Å². The Kier molecular flexibility index (Phi) is 5.09. The molecule has 0 saturated carbocycles. The lowest BCUT2D eigenvalue weighted by Crippen LogP contribution is -2.45. The van der Waals surface area contributed by atoms with Gasteiger partial charge >= 0.3 is 5.97 Å². The summed E-state index contributed by atoms with van der Waals surface area (Å²) >= 11 is 5.66. The molecule has 18 heavy (non-hydrogen) atoms. The summed E-state index contributed by atoms with van der Waals surface area (Å²) in [6, 6.07) is 2.07. The monoisotopic (exact) mass is 270 g/mol. The quantitative estimate of drug-likeness (QED) is 0.857. The summed E-state index contributed by atoms with van der Waals surface area (Å²) in [5, 5.41) is 11.9. The van der Waals surface area contributed by atoms with Gasteiger partial charge in [-0.3, -0.25) is 4.79 Å². The van der Waals surface area contributed by atoms with Crippen molar-refractivity contribution in [2.45, 2.75) is 26.3 Å². The van der Waals surface area contributed by atoms with Crippen molar-refractivity contribution in [1.82, 2.24) is 10.3 Å². The number of rotatable bonds is 5. The largest absolute Gasteiger partial charge is 0.480 e. The summed E-state index contributed by atoms with van der Waals surface area (Å²) in [7, 11) is 0. The molecule has 0 aliphatic heterocycles.